The highest BCUT2D eigenvalue weighted by Gasteiger charge is 2.17. The van der Waals surface area contributed by atoms with E-state index >= 15 is 0 Å². The summed E-state index contributed by atoms with van der Waals surface area (Å²) >= 11 is 1.54. The van der Waals surface area contributed by atoms with Gasteiger partial charge in [0.1, 0.15) is 5.75 Å². The van der Waals surface area contributed by atoms with Gasteiger partial charge in [-0.3, -0.25) is 4.79 Å². The Bertz CT molecular complexity index is 799. The molecule has 118 valence electrons. The first-order valence-corrected chi connectivity index (χ1v) is 7.81. The monoisotopic (exact) mass is 329 g/mol. The van der Waals surface area contributed by atoms with E-state index in [0.29, 0.717) is 23.0 Å². The maximum Gasteiger partial charge on any atom is 0.254 e. The number of amides is 1. The largest absolute Gasteiger partial charge is 0.497 e. The lowest BCUT2D eigenvalue weighted by molar-refractivity contribution is 0.0769. The first-order valence-electron chi connectivity index (χ1n) is 6.93. The Balaban J connectivity index is 1.71. The van der Waals surface area contributed by atoms with Gasteiger partial charge in [-0.1, -0.05) is 17.3 Å². The van der Waals surface area contributed by atoms with Crippen LogP contribution in [0.4, 0.5) is 0 Å². The predicted molar refractivity (Wildman–Crippen MR) is 86.4 cm³/mol. The molecule has 0 saturated heterocycles. The van der Waals surface area contributed by atoms with Crippen molar-refractivity contribution in [3.8, 4) is 16.5 Å². The van der Waals surface area contributed by atoms with E-state index in [4.69, 9.17) is 9.26 Å². The van der Waals surface area contributed by atoms with Crippen LogP contribution in [0.1, 0.15) is 16.2 Å². The zero-order chi connectivity index (χ0) is 16.2. The van der Waals surface area contributed by atoms with Crippen molar-refractivity contribution in [3.63, 3.8) is 0 Å². The first-order chi connectivity index (χ1) is 11.2. The molecule has 0 aliphatic heterocycles. The van der Waals surface area contributed by atoms with Crippen LogP contribution in [0.5, 0.6) is 5.75 Å². The molecule has 23 heavy (non-hydrogen) atoms. The van der Waals surface area contributed by atoms with E-state index in [1.54, 1.807) is 38.4 Å². The summed E-state index contributed by atoms with van der Waals surface area (Å²) in [6.07, 6.45) is 0. The lowest BCUT2D eigenvalue weighted by atomic mass is 10.2. The summed E-state index contributed by atoms with van der Waals surface area (Å²) < 4.78 is 10.4. The van der Waals surface area contributed by atoms with Crippen LogP contribution in [0.2, 0.25) is 0 Å². The normalized spacial score (nSPS) is 10.5. The average molecular weight is 329 g/mol. The van der Waals surface area contributed by atoms with Crippen molar-refractivity contribution in [3.05, 3.63) is 53.2 Å². The molecule has 2 heterocycles. The Morgan fingerprint density at radius 1 is 1.35 bits per heavy atom. The summed E-state index contributed by atoms with van der Waals surface area (Å²) in [4.78, 5) is 19.2. The number of benzene rings is 1. The topological polar surface area (TPSA) is 68.5 Å². The zero-order valence-electron chi connectivity index (χ0n) is 12.7. The number of aromatic nitrogens is 2. The fourth-order valence-electron chi connectivity index (χ4n) is 2.08. The molecule has 0 spiro atoms. The number of thiophene rings is 1. The summed E-state index contributed by atoms with van der Waals surface area (Å²) in [5.74, 6) is 1.44. The number of hydrogen-bond acceptors (Lipinski definition) is 6. The van der Waals surface area contributed by atoms with E-state index in [1.165, 1.54) is 16.2 Å². The Kier molecular flexibility index (Phi) is 4.38. The molecule has 3 rings (SSSR count). The Labute approximate surface area is 137 Å². The predicted octanol–water partition coefficient (Wildman–Crippen LogP) is 3.08. The average Bonchev–Trinajstić information content (AvgIpc) is 3.25. The van der Waals surface area contributed by atoms with Crippen molar-refractivity contribution in [2.45, 2.75) is 6.54 Å². The third-order valence-electron chi connectivity index (χ3n) is 3.25. The molecule has 0 saturated carbocycles. The van der Waals surface area contributed by atoms with Gasteiger partial charge in [0.05, 0.1) is 18.5 Å². The lowest BCUT2D eigenvalue weighted by Gasteiger charge is -2.15. The molecule has 0 fully saturated rings. The van der Waals surface area contributed by atoms with Gasteiger partial charge >= 0.3 is 0 Å². The van der Waals surface area contributed by atoms with Crippen molar-refractivity contribution < 1.29 is 14.1 Å². The second-order valence-electron chi connectivity index (χ2n) is 4.88. The van der Waals surface area contributed by atoms with Crippen LogP contribution in [0.25, 0.3) is 10.7 Å². The molecule has 0 radical (unpaired) electrons. The molecular formula is C16H15N3O3S. The Hall–Kier alpha value is -2.67. The van der Waals surface area contributed by atoms with Crippen LogP contribution in [0, 0.1) is 0 Å². The van der Waals surface area contributed by atoms with Crippen molar-refractivity contribution in [2.75, 3.05) is 14.2 Å². The standard InChI is InChI=1S/C16H15N3O3S/c1-19(16(20)11-5-3-6-12(9-11)21-2)10-14-17-15(18-22-14)13-7-4-8-23-13/h3-9H,10H2,1-2H3. The maximum absolute atomic E-state index is 12.4. The molecule has 0 bridgehead atoms. The molecule has 0 unspecified atom stereocenters. The van der Waals surface area contributed by atoms with Gasteiger partial charge in [0, 0.05) is 12.6 Å². The second kappa shape index (κ2) is 6.62. The van der Waals surface area contributed by atoms with Gasteiger partial charge < -0.3 is 14.2 Å². The summed E-state index contributed by atoms with van der Waals surface area (Å²) in [5, 5.41) is 5.89. The van der Waals surface area contributed by atoms with E-state index in [9.17, 15) is 4.79 Å². The highest BCUT2D eigenvalue weighted by atomic mass is 32.1. The second-order valence-corrected chi connectivity index (χ2v) is 5.83. The number of carbonyl (C=O) groups excluding carboxylic acids is 1. The molecule has 0 aliphatic rings. The molecular weight excluding hydrogens is 314 g/mol. The van der Waals surface area contributed by atoms with Gasteiger partial charge in [-0.2, -0.15) is 4.98 Å². The quantitative estimate of drug-likeness (QED) is 0.719. The number of carbonyl (C=O) groups is 1. The van der Waals surface area contributed by atoms with Crippen LogP contribution in [-0.4, -0.2) is 35.1 Å². The number of hydrogen-bond donors (Lipinski definition) is 0. The van der Waals surface area contributed by atoms with Crippen molar-refractivity contribution in [1.29, 1.82) is 0 Å². The fraction of sp³-hybridized carbons (Fsp3) is 0.188. The smallest absolute Gasteiger partial charge is 0.254 e. The summed E-state index contributed by atoms with van der Waals surface area (Å²) in [6, 6.07) is 10.9. The fourth-order valence-corrected chi connectivity index (χ4v) is 2.73. The van der Waals surface area contributed by atoms with Gasteiger partial charge in [-0.15, -0.1) is 11.3 Å². The highest BCUT2D eigenvalue weighted by molar-refractivity contribution is 7.13. The minimum absolute atomic E-state index is 0.139. The lowest BCUT2D eigenvalue weighted by Crippen LogP contribution is -2.26. The summed E-state index contributed by atoms with van der Waals surface area (Å²) in [6.45, 7) is 0.244. The maximum atomic E-state index is 12.4. The van der Waals surface area contributed by atoms with Crippen LogP contribution < -0.4 is 4.74 Å². The molecule has 6 nitrogen and oxygen atoms in total. The summed E-state index contributed by atoms with van der Waals surface area (Å²) in [7, 11) is 3.26. The number of rotatable bonds is 5. The number of methoxy groups -OCH3 is 1. The molecule has 1 aromatic carbocycles. The van der Waals surface area contributed by atoms with E-state index in [0.717, 1.165) is 4.88 Å². The molecule has 3 aromatic rings. The summed E-state index contributed by atoms with van der Waals surface area (Å²) in [5.41, 5.74) is 0.546. The molecule has 0 atom stereocenters. The molecule has 7 heteroatoms. The molecule has 1 amide bonds. The van der Waals surface area contributed by atoms with E-state index in [1.807, 2.05) is 17.5 Å². The number of ether oxygens (including phenoxy) is 1. The van der Waals surface area contributed by atoms with Gasteiger partial charge in [-0.05, 0) is 29.6 Å². The van der Waals surface area contributed by atoms with Gasteiger partial charge in [-0.25, -0.2) is 0 Å². The Morgan fingerprint density at radius 3 is 2.96 bits per heavy atom. The molecule has 2 aromatic heterocycles. The minimum atomic E-state index is -0.139. The van der Waals surface area contributed by atoms with E-state index in [-0.39, 0.29) is 12.5 Å². The van der Waals surface area contributed by atoms with Gasteiger partial charge in [0.25, 0.3) is 5.91 Å². The van der Waals surface area contributed by atoms with Crippen molar-refractivity contribution >= 4 is 17.2 Å². The number of nitrogens with zero attached hydrogens (tertiary/aromatic N) is 3. The third kappa shape index (κ3) is 3.40. The van der Waals surface area contributed by atoms with Gasteiger partial charge in [0.2, 0.25) is 11.7 Å². The van der Waals surface area contributed by atoms with Gasteiger partial charge in [0.15, 0.2) is 0 Å². The Morgan fingerprint density at radius 2 is 2.22 bits per heavy atom. The first kappa shape index (κ1) is 15.2. The van der Waals surface area contributed by atoms with Crippen LogP contribution in [-0.2, 0) is 6.54 Å². The SMILES string of the molecule is COc1cccc(C(=O)N(C)Cc2nc(-c3cccs3)no2)c1. The molecule has 0 N–H and O–H groups in total. The highest BCUT2D eigenvalue weighted by Crippen LogP contribution is 2.22. The molecule has 0 aliphatic carbocycles. The van der Waals surface area contributed by atoms with Crippen molar-refractivity contribution in [1.82, 2.24) is 15.0 Å². The third-order valence-corrected chi connectivity index (χ3v) is 4.11. The minimum Gasteiger partial charge on any atom is -0.497 e. The van der Waals surface area contributed by atoms with Crippen LogP contribution in [0.15, 0.2) is 46.3 Å². The van der Waals surface area contributed by atoms with Crippen LogP contribution in [0.3, 0.4) is 0 Å². The van der Waals surface area contributed by atoms with E-state index in [2.05, 4.69) is 10.1 Å². The van der Waals surface area contributed by atoms with Crippen molar-refractivity contribution in [2.24, 2.45) is 0 Å². The van der Waals surface area contributed by atoms with Crippen LogP contribution >= 0.6 is 11.3 Å². The van der Waals surface area contributed by atoms with E-state index < -0.39 is 0 Å². The zero-order valence-corrected chi connectivity index (χ0v) is 13.5.